The minimum Gasteiger partial charge on any atom is -0.379 e. The molecule has 0 spiro atoms. The third-order valence-corrected chi connectivity index (χ3v) is 4.97. The van der Waals surface area contributed by atoms with Crippen LogP contribution in [0.1, 0.15) is 24.5 Å². The van der Waals surface area contributed by atoms with Gasteiger partial charge in [-0.25, -0.2) is 0 Å². The average Bonchev–Trinajstić information content (AvgIpc) is 3.03. The highest BCUT2D eigenvalue weighted by Crippen LogP contribution is 2.24. The van der Waals surface area contributed by atoms with Crippen molar-refractivity contribution in [3.05, 3.63) is 35.4 Å². The lowest BCUT2D eigenvalue weighted by Crippen LogP contribution is -2.40. The molecule has 1 aromatic rings. The van der Waals surface area contributed by atoms with Crippen LogP contribution in [0.4, 0.5) is 0 Å². The minimum absolute atomic E-state index is 0.156. The quantitative estimate of drug-likeness (QED) is 0.855. The highest BCUT2D eigenvalue weighted by Gasteiger charge is 2.35. The molecule has 5 heteroatoms. The summed E-state index contributed by atoms with van der Waals surface area (Å²) in [7, 11) is 0. The second-order valence-electron chi connectivity index (χ2n) is 6.83. The van der Waals surface area contributed by atoms with Gasteiger partial charge in [-0.3, -0.25) is 9.69 Å². The lowest BCUT2D eigenvalue weighted by Gasteiger charge is -2.27. The number of rotatable bonds is 5. The van der Waals surface area contributed by atoms with Gasteiger partial charge in [-0.15, -0.1) is 0 Å². The Labute approximate surface area is 138 Å². The Morgan fingerprint density at radius 3 is 2.74 bits per heavy atom. The molecule has 2 aliphatic rings. The van der Waals surface area contributed by atoms with Crippen molar-refractivity contribution in [3.8, 4) is 0 Å². The van der Waals surface area contributed by atoms with E-state index >= 15 is 0 Å². The molecule has 0 aromatic heterocycles. The second kappa shape index (κ2) is 7.43. The number of hydrogen-bond acceptors (Lipinski definition) is 4. The summed E-state index contributed by atoms with van der Waals surface area (Å²) in [6, 6.07) is 8.40. The number of carbonyl (C=O) groups excluding carboxylic acids is 1. The first-order chi connectivity index (χ1) is 11.2. The molecule has 2 heterocycles. The molecule has 3 rings (SSSR count). The van der Waals surface area contributed by atoms with Crippen molar-refractivity contribution < 1.29 is 9.53 Å². The maximum Gasteiger partial charge on any atom is 0.227 e. The smallest absolute Gasteiger partial charge is 0.227 e. The third-order valence-electron chi connectivity index (χ3n) is 4.97. The number of nitrogens with one attached hydrogen (secondary N) is 2. The fourth-order valence-electron chi connectivity index (χ4n) is 3.28. The van der Waals surface area contributed by atoms with Crippen LogP contribution in [0, 0.1) is 5.41 Å². The Morgan fingerprint density at radius 2 is 2.04 bits per heavy atom. The zero-order chi connectivity index (χ0) is 16.1. The van der Waals surface area contributed by atoms with Gasteiger partial charge in [0.25, 0.3) is 0 Å². The zero-order valence-corrected chi connectivity index (χ0v) is 13.9. The van der Waals surface area contributed by atoms with Gasteiger partial charge in [0.2, 0.25) is 5.91 Å². The van der Waals surface area contributed by atoms with Crippen molar-refractivity contribution in [1.82, 2.24) is 15.5 Å². The monoisotopic (exact) mass is 317 g/mol. The van der Waals surface area contributed by atoms with Gasteiger partial charge >= 0.3 is 0 Å². The summed E-state index contributed by atoms with van der Waals surface area (Å²) in [6.45, 7) is 8.85. The lowest BCUT2D eigenvalue weighted by atomic mass is 9.88. The molecule has 5 nitrogen and oxygen atoms in total. The van der Waals surface area contributed by atoms with Crippen LogP contribution in [-0.2, 0) is 22.6 Å². The summed E-state index contributed by atoms with van der Waals surface area (Å²) >= 11 is 0. The van der Waals surface area contributed by atoms with E-state index in [1.807, 2.05) is 13.0 Å². The number of morpholine rings is 1. The number of hydrogen-bond donors (Lipinski definition) is 2. The number of amides is 1. The van der Waals surface area contributed by atoms with Gasteiger partial charge < -0.3 is 15.4 Å². The Morgan fingerprint density at radius 1 is 1.30 bits per heavy atom. The molecule has 126 valence electrons. The van der Waals surface area contributed by atoms with E-state index in [4.69, 9.17) is 4.74 Å². The van der Waals surface area contributed by atoms with Crippen LogP contribution in [0.25, 0.3) is 0 Å². The van der Waals surface area contributed by atoms with Crippen molar-refractivity contribution in [2.75, 3.05) is 39.4 Å². The molecule has 1 aromatic carbocycles. The SMILES string of the molecule is CC1(C(=O)NCc2ccccc2CN2CCOCC2)CCNC1. The van der Waals surface area contributed by atoms with Gasteiger partial charge in [-0.2, -0.15) is 0 Å². The molecule has 1 unspecified atom stereocenters. The standard InChI is InChI=1S/C18H27N3O2/c1-18(6-7-19-14-18)17(22)20-12-15-4-2-3-5-16(15)13-21-8-10-23-11-9-21/h2-5,19H,6-14H2,1H3,(H,20,22). The van der Waals surface area contributed by atoms with Crippen molar-refractivity contribution in [3.63, 3.8) is 0 Å². The Balaban J connectivity index is 1.60. The molecule has 2 aliphatic heterocycles. The molecule has 2 fully saturated rings. The van der Waals surface area contributed by atoms with E-state index in [1.54, 1.807) is 0 Å². The van der Waals surface area contributed by atoms with Gasteiger partial charge in [0, 0.05) is 32.7 Å². The van der Waals surface area contributed by atoms with E-state index in [-0.39, 0.29) is 11.3 Å². The van der Waals surface area contributed by atoms with Gasteiger partial charge in [0.1, 0.15) is 0 Å². The van der Waals surface area contributed by atoms with Crippen molar-refractivity contribution in [2.45, 2.75) is 26.4 Å². The summed E-state index contributed by atoms with van der Waals surface area (Å²) in [5, 5.41) is 6.42. The highest BCUT2D eigenvalue weighted by molar-refractivity contribution is 5.82. The van der Waals surface area contributed by atoms with E-state index in [2.05, 4.69) is 33.7 Å². The fraction of sp³-hybridized carbons (Fsp3) is 0.611. The normalized spacial score (nSPS) is 25.4. The predicted molar refractivity (Wildman–Crippen MR) is 90.0 cm³/mol. The van der Waals surface area contributed by atoms with Crippen LogP contribution in [0.3, 0.4) is 0 Å². The van der Waals surface area contributed by atoms with Crippen LogP contribution in [-0.4, -0.2) is 50.2 Å². The van der Waals surface area contributed by atoms with Crippen molar-refractivity contribution in [1.29, 1.82) is 0 Å². The van der Waals surface area contributed by atoms with Gasteiger partial charge in [-0.1, -0.05) is 24.3 Å². The molecule has 2 N–H and O–H groups in total. The summed E-state index contributed by atoms with van der Waals surface area (Å²) < 4.78 is 5.41. The highest BCUT2D eigenvalue weighted by atomic mass is 16.5. The van der Waals surface area contributed by atoms with E-state index in [1.165, 1.54) is 11.1 Å². The topological polar surface area (TPSA) is 53.6 Å². The summed E-state index contributed by atoms with van der Waals surface area (Å²) in [4.78, 5) is 14.9. The number of ether oxygens (including phenoxy) is 1. The van der Waals surface area contributed by atoms with E-state index in [0.717, 1.165) is 52.4 Å². The molecule has 2 saturated heterocycles. The van der Waals surface area contributed by atoms with Crippen LogP contribution < -0.4 is 10.6 Å². The maximum atomic E-state index is 12.5. The van der Waals surface area contributed by atoms with Crippen LogP contribution in [0.5, 0.6) is 0 Å². The molecule has 23 heavy (non-hydrogen) atoms. The molecule has 0 bridgehead atoms. The number of nitrogens with zero attached hydrogens (tertiary/aromatic N) is 1. The minimum atomic E-state index is -0.265. The Kier molecular flexibility index (Phi) is 5.30. The van der Waals surface area contributed by atoms with E-state index in [9.17, 15) is 4.79 Å². The largest absolute Gasteiger partial charge is 0.379 e. The Hall–Kier alpha value is -1.43. The lowest BCUT2D eigenvalue weighted by molar-refractivity contribution is -0.129. The van der Waals surface area contributed by atoms with Crippen LogP contribution >= 0.6 is 0 Å². The molecule has 0 radical (unpaired) electrons. The van der Waals surface area contributed by atoms with Crippen LogP contribution in [0.15, 0.2) is 24.3 Å². The molecular formula is C18H27N3O2. The molecule has 1 atom stereocenters. The Bertz CT molecular complexity index is 535. The summed E-state index contributed by atoms with van der Waals surface area (Å²) in [6.07, 6.45) is 0.911. The molecule has 0 saturated carbocycles. The first kappa shape index (κ1) is 16.4. The third kappa shape index (κ3) is 4.10. The zero-order valence-electron chi connectivity index (χ0n) is 13.9. The fourth-order valence-corrected chi connectivity index (χ4v) is 3.28. The summed E-state index contributed by atoms with van der Waals surface area (Å²) in [5.41, 5.74) is 2.24. The molecular weight excluding hydrogens is 290 g/mol. The van der Waals surface area contributed by atoms with Crippen LogP contribution in [0.2, 0.25) is 0 Å². The first-order valence-corrected chi connectivity index (χ1v) is 8.53. The summed E-state index contributed by atoms with van der Waals surface area (Å²) in [5.74, 6) is 0.156. The van der Waals surface area contributed by atoms with Crippen molar-refractivity contribution >= 4 is 5.91 Å². The number of carbonyl (C=O) groups is 1. The average molecular weight is 317 g/mol. The van der Waals surface area contributed by atoms with Gasteiger partial charge in [0.05, 0.1) is 18.6 Å². The molecule has 1 amide bonds. The van der Waals surface area contributed by atoms with Gasteiger partial charge in [-0.05, 0) is 31.0 Å². The first-order valence-electron chi connectivity index (χ1n) is 8.53. The second-order valence-corrected chi connectivity index (χ2v) is 6.83. The predicted octanol–water partition coefficient (Wildman–Crippen LogP) is 1.13. The van der Waals surface area contributed by atoms with Crippen molar-refractivity contribution in [2.24, 2.45) is 5.41 Å². The number of benzene rings is 1. The molecule has 0 aliphatic carbocycles. The van der Waals surface area contributed by atoms with E-state index in [0.29, 0.717) is 6.54 Å². The maximum absolute atomic E-state index is 12.5. The van der Waals surface area contributed by atoms with Gasteiger partial charge in [0.15, 0.2) is 0 Å². The van der Waals surface area contributed by atoms with E-state index < -0.39 is 0 Å².